The minimum absolute atomic E-state index is 0.260. The highest BCUT2D eigenvalue weighted by Gasteiger charge is 2.03. The van der Waals surface area contributed by atoms with E-state index in [1.54, 1.807) is 6.07 Å². The lowest BCUT2D eigenvalue weighted by Gasteiger charge is -2.09. The van der Waals surface area contributed by atoms with E-state index in [0.717, 1.165) is 30.0 Å². The average molecular weight is 289 g/mol. The van der Waals surface area contributed by atoms with E-state index >= 15 is 0 Å². The van der Waals surface area contributed by atoms with Gasteiger partial charge in [-0.25, -0.2) is 4.39 Å². The fraction of sp³-hybridized carbons (Fsp3) is 0.294. The molecule has 0 spiro atoms. The van der Waals surface area contributed by atoms with E-state index in [9.17, 15) is 4.39 Å². The van der Waals surface area contributed by atoms with Gasteiger partial charge >= 0.3 is 0 Å². The van der Waals surface area contributed by atoms with Gasteiger partial charge in [-0.05, 0) is 48.4 Å². The summed E-state index contributed by atoms with van der Waals surface area (Å²) in [6, 6.07) is 12.7. The Morgan fingerprint density at radius 2 is 1.86 bits per heavy atom. The van der Waals surface area contributed by atoms with Gasteiger partial charge in [-0.2, -0.15) is 0 Å². The molecule has 0 unspecified atom stereocenters. The summed E-state index contributed by atoms with van der Waals surface area (Å²) >= 11 is 0. The quantitative estimate of drug-likeness (QED) is 0.827. The van der Waals surface area contributed by atoms with Crippen LogP contribution in [0.2, 0.25) is 0 Å². The number of methoxy groups -OCH3 is 1. The minimum atomic E-state index is -0.347. The molecule has 0 radical (unpaired) electrons. The number of nitrogens with one attached hydrogen (secondary N) is 1. The Morgan fingerprint density at radius 3 is 2.48 bits per heavy atom. The Kier molecular flexibility index (Phi) is 5.43. The van der Waals surface area contributed by atoms with Crippen LogP contribution in [0.3, 0.4) is 0 Å². The maximum absolute atomic E-state index is 13.6. The molecule has 4 heteroatoms. The molecule has 0 heterocycles. The molecule has 0 aromatic heterocycles. The van der Waals surface area contributed by atoms with E-state index in [1.165, 1.54) is 13.2 Å². The first-order valence-electron chi connectivity index (χ1n) is 7.02. The van der Waals surface area contributed by atoms with Gasteiger partial charge in [-0.3, -0.25) is 0 Å². The lowest BCUT2D eigenvalue weighted by molar-refractivity contribution is 0.317. The second kappa shape index (κ2) is 7.53. The van der Waals surface area contributed by atoms with Crippen LogP contribution in [0.4, 0.5) is 10.1 Å². The van der Waals surface area contributed by atoms with E-state index in [2.05, 4.69) is 12.2 Å². The Labute approximate surface area is 124 Å². The largest absolute Gasteiger partial charge is 0.494 e. The van der Waals surface area contributed by atoms with E-state index in [-0.39, 0.29) is 11.6 Å². The Bertz CT molecular complexity index is 570. The van der Waals surface area contributed by atoms with Gasteiger partial charge in [0.15, 0.2) is 11.6 Å². The molecule has 1 N–H and O–H groups in total. The van der Waals surface area contributed by atoms with Crippen molar-refractivity contribution in [2.75, 3.05) is 19.0 Å². The van der Waals surface area contributed by atoms with Crippen LogP contribution in [0.15, 0.2) is 42.5 Å². The SMILES string of the molecule is CCCOc1ccc(NCc2ccc(OC)c(F)c2)cc1. The number of hydrogen-bond donors (Lipinski definition) is 1. The van der Waals surface area contributed by atoms with Crippen molar-refractivity contribution < 1.29 is 13.9 Å². The third-order valence-electron chi connectivity index (χ3n) is 3.04. The molecule has 0 aliphatic heterocycles. The molecule has 2 rings (SSSR count). The third kappa shape index (κ3) is 4.38. The number of ether oxygens (including phenoxy) is 2. The molecule has 112 valence electrons. The summed E-state index contributed by atoms with van der Waals surface area (Å²) < 4.78 is 24.0. The molecular formula is C17H20FNO2. The van der Waals surface area contributed by atoms with Crippen LogP contribution in [0.1, 0.15) is 18.9 Å². The smallest absolute Gasteiger partial charge is 0.165 e. The number of hydrogen-bond acceptors (Lipinski definition) is 3. The van der Waals surface area contributed by atoms with Crippen LogP contribution in [0.5, 0.6) is 11.5 Å². The molecule has 2 aromatic carbocycles. The van der Waals surface area contributed by atoms with Crippen LogP contribution in [0, 0.1) is 5.82 Å². The number of benzene rings is 2. The maximum atomic E-state index is 13.6. The van der Waals surface area contributed by atoms with Crippen LogP contribution in [-0.2, 0) is 6.54 Å². The minimum Gasteiger partial charge on any atom is -0.494 e. The molecular weight excluding hydrogens is 269 g/mol. The van der Waals surface area contributed by atoms with Gasteiger partial charge in [0.05, 0.1) is 13.7 Å². The van der Waals surface area contributed by atoms with Crippen LogP contribution >= 0.6 is 0 Å². The fourth-order valence-electron chi connectivity index (χ4n) is 1.91. The van der Waals surface area contributed by atoms with Crippen molar-refractivity contribution in [1.29, 1.82) is 0 Å². The summed E-state index contributed by atoms with van der Waals surface area (Å²) in [5.74, 6) is 0.772. The normalized spacial score (nSPS) is 10.2. The third-order valence-corrected chi connectivity index (χ3v) is 3.04. The Hall–Kier alpha value is -2.23. The lowest BCUT2D eigenvalue weighted by atomic mass is 10.2. The Morgan fingerprint density at radius 1 is 1.10 bits per heavy atom. The van der Waals surface area contributed by atoms with Crippen molar-refractivity contribution in [2.24, 2.45) is 0 Å². The predicted octanol–water partition coefficient (Wildman–Crippen LogP) is 4.24. The number of rotatable bonds is 7. The van der Waals surface area contributed by atoms with Gasteiger partial charge in [0.25, 0.3) is 0 Å². The second-order valence-corrected chi connectivity index (χ2v) is 4.70. The zero-order chi connectivity index (χ0) is 15.1. The van der Waals surface area contributed by atoms with E-state index < -0.39 is 0 Å². The molecule has 0 saturated carbocycles. The van der Waals surface area contributed by atoms with Gasteiger partial charge in [0.1, 0.15) is 5.75 Å². The van der Waals surface area contributed by atoms with Gasteiger partial charge in [0, 0.05) is 12.2 Å². The summed E-state index contributed by atoms with van der Waals surface area (Å²) in [5, 5.41) is 3.25. The van der Waals surface area contributed by atoms with Crippen molar-refractivity contribution in [3.63, 3.8) is 0 Å². The lowest BCUT2D eigenvalue weighted by Crippen LogP contribution is -2.01. The molecule has 0 fully saturated rings. The molecule has 0 amide bonds. The Balaban J connectivity index is 1.92. The first kappa shape index (κ1) is 15.2. The molecule has 0 saturated heterocycles. The molecule has 0 bridgehead atoms. The van der Waals surface area contributed by atoms with Crippen molar-refractivity contribution >= 4 is 5.69 Å². The van der Waals surface area contributed by atoms with Crippen molar-refractivity contribution in [2.45, 2.75) is 19.9 Å². The second-order valence-electron chi connectivity index (χ2n) is 4.70. The summed E-state index contributed by atoms with van der Waals surface area (Å²) in [7, 11) is 1.46. The van der Waals surface area contributed by atoms with E-state index in [0.29, 0.717) is 6.54 Å². The molecule has 2 aromatic rings. The topological polar surface area (TPSA) is 30.5 Å². The van der Waals surface area contributed by atoms with Gasteiger partial charge < -0.3 is 14.8 Å². The van der Waals surface area contributed by atoms with E-state index in [4.69, 9.17) is 9.47 Å². The molecule has 0 atom stereocenters. The van der Waals surface area contributed by atoms with Crippen LogP contribution in [-0.4, -0.2) is 13.7 Å². The molecule has 21 heavy (non-hydrogen) atoms. The summed E-state index contributed by atoms with van der Waals surface area (Å²) in [6.07, 6.45) is 0.989. The van der Waals surface area contributed by atoms with Crippen LogP contribution in [0.25, 0.3) is 0 Å². The first-order valence-corrected chi connectivity index (χ1v) is 7.02. The summed E-state index contributed by atoms with van der Waals surface area (Å²) in [5.41, 5.74) is 1.83. The molecule has 0 aliphatic rings. The van der Waals surface area contributed by atoms with E-state index in [1.807, 2.05) is 30.3 Å². The molecule has 3 nitrogen and oxygen atoms in total. The van der Waals surface area contributed by atoms with Gasteiger partial charge in [-0.1, -0.05) is 13.0 Å². The number of anilines is 1. The number of halogens is 1. The molecule has 0 aliphatic carbocycles. The summed E-state index contributed by atoms with van der Waals surface area (Å²) in [6.45, 7) is 3.35. The average Bonchev–Trinajstić information content (AvgIpc) is 2.52. The predicted molar refractivity (Wildman–Crippen MR) is 82.5 cm³/mol. The monoisotopic (exact) mass is 289 g/mol. The van der Waals surface area contributed by atoms with Crippen molar-refractivity contribution in [1.82, 2.24) is 0 Å². The zero-order valence-corrected chi connectivity index (χ0v) is 12.4. The maximum Gasteiger partial charge on any atom is 0.165 e. The van der Waals surface area contributed by atoms with Gasteiger partial charge in [-0.15, -0.1) is 0 Å². The fourth-order valence-corrected chi connectivity index (χ4v) is 1.91. The highest BCUT2D eigenvalue weighted by Crippen LogP contribution is 2.20. The standard InChI is InChI=1S/C17H20FNO2/c1-3-10-21-15-7-5-14(6-8-15)19-12-13-4-9-17(20-2)16(18)11-13/h4-9,11,19H,3,10,12H2,1-2H3. The highest BCUT2D eigenvalue weighted by atomic mass is 19.1. The summed E-state index contributed by atoms with van der Waals surface area (Å²) in [4.78, 5) is 0. The zero-order valence-electron chi connectivity index (χ0n) is 12.4. The first-order chi connectivity index (χ1) is 10.2. The van der Waals surface area contributed by atoms with Crippen molar-refractivity contribution in [3.8, 4) is 11.5 Å². The van der Waals surface area contributed by atoms with Crippen LogP contribution < -0.4 is 14.8 Å². The van der Waals surface area contributed by atoms with Crippen molar-refractivity contribution in [3.05, 3.63) is 53.8 Å². The highest BCUT2D eigenvalue weighted by molar-refractivity contribution is 5.47. The van der Waals surface area contributed by atoms with Gasteiger partial charge in [0.2, 0.25) is 0 Å².